The maximum absolute atomic E-state index is 4.61. The predicted molar refractivity (Wildman–Crippen MR) is 93.7 cm³/mol. The van der Waals surface area contributed by atoms with Crippen molar-refractivity contribution in [2.75, 3.05) is 5.12 Å². The Morgan fingerprint density at radius 2 is 1.42 bits per heavy atom. The van der Waals surface area contributed by atoms with Gasteiger partial charge in [-0.15, -0.1) is 15.3 Å². The number of rotatable bonds is 3. The first-order valence-electron chi connectivity index (χ1n) is 7.74. The maximum atomic E-state index is 4.61. The van der Waals surface area contributed by atoms with E-state index in [0.29, 0.717) is 0 Å². The van der Waals surface area contributed by atoms with Gasteiger partial charge in [-0.3, -0.25) is 0 Å². The van der Waals surface area contributed by atoms with Gasteiger partial charge in [-0.25, -0.2) is 0 Å². The van der Waals surface area contributed by atoms with Crippen LogP contribution in [0.15, 0.2) is 65.8 Å². The molecule has 7 nitrogen and oxygen atoms in total. The molecule has 0 spiro atoms. The van der Waals surface area contributed by atoms with E-state index in [1.165, 1.54) is 0 Å². The zero-order valence-corrected chi connectivity index (χ0v) is 13.5. The summed E-state index contributed by atoms with van der Waals surface area (Å²) >= 11 is 0. The zero-order valence-electron chi connectivity index (χ0n) is 13.5. The first-order valence-corrected chi connectivity index (χ1v) is 7.74. The number of benzene rings is 2. The lowest BCUT2D eigenvalue weighted by molar-refractivity contribution is 0.116. The molecule has 1 unspecified atom stereocenters. The van der Waals surface area contributed by atoms with Crippen molar-refractivity contribution in [3.8, 4) is 0 Å². The highest BCUT2D eigenvalue weighted by Gasteiger charge is 2.48. The first-order chi connectivity index (χ1) is 11.7. The third kappa shape index (κ3) is 2.06. The second kappa shape index (κ2) is 5.47. The summed E-state index contributed by atoms with van der Waals surface area (Å²) in [6.45, 7) is 3.90. The molecule has 2 aromatic carbocycles. The minimum atomic E-state index is 0.0134. The van der Waals surface area contributed by atoms with Crippen LogP contribution in [0, 0.1) is 13.8 Å². The van der Waals surface area contributed by atoms with Crippen LogP contribution >= 0.6 is 0 Å². The van der Waals surface area contributed by atoms with Crippen molar-refractivity contribution in [2.45, 2.75) is 13.8 Å². The lowest BCUT2D eigenvalue weighted by atomic mass is 10.3. The average Bonchev–Trinajstić information content (AvgIpc) is 3.21. The normalized spacial score (nSPS) is 19.5. The third-order valence-corrected chi connectivity index (χ3v) is 4.04. The number of nitrogens with one attached hydrogen (secondary N) is 1. The Balaban J connectivity index is 1.95. The summed E-state index contributed by atoms with van der Waals surface area (Å²) in [5.74, 6) is 0. The first kappa shape index (κ1) is 14.4. The van der Waals surface area contributed by atoms with Gasteiger partial charge in [0.2, 0.25) is 5.69 Å². The number of hydrogen-bond acceptors (Lipinski definition) is 5. The van der Waals surface area contributed by atoms with Gasteiger partial charge in [0.25, 0.3) is 0 Å². The second-order valence-electron chi connectivity index (χ2n) is 5.57. The Morgan fingerprint density at radius 3 is 2.04 bits per heavy atom. The monoisotopic (exact) mass is 320 g/mol. The van der Waals surface area contributed by atoms with Crippen LogP contribution in [0.2, 0.25) is 0 Å². The molecule has 0 bridgehead atoms. The molecule has 0 fully saturated rings. The summed E-state index contributed by atoms with van der Waals surface area (Å²) in [4.78, 5) is 1.65. The molecule has 3 aromatic rings. The highest BCUT2D eigenvalue weighted by atomic mass is 16.2. The van der Waals surface area contributed by atoms with Crippen LogP contribution in [-0.4, -0.2) is 21.4 Å². The van der Waals surface area contributed by atoms with E-state index >= 15 is 0 Å². The molecule has 1 aliphatic heterocycles. The van der Waals surface area contributed by atoms with Gasteiger partial charge in [0.1, 0.15) is 5.69 Å². The SMILES string of the molecule is Cc1nn([N+]2(c3ccccc3)NC=NN2c2ccccc2)nc1C. The van der Waals surface area contributed by atoms with Crippen LogP contribution in [0.4, 0.5) is 11.4 Å². The molecule has 1 aliphatic rings. The number of para-hydroxylation sites is 2. The lowest BCUT2D eigenvalue weighted by Crippen LogP contribution is -2.68. The summed E-state index contributed by atoms with van der Waals surface area (Å²) in [5.41, 5.74) is 6.93. The van der Waals surface area contributed by atoms with Gasteiger partial charge < -0.3 is 0 Å². The summed E-state index contributed by atoms with van der Waals surface area (Å²) < 4.78 is 0. The van der Waals surface area contributed by atoms with E-state index in [1.807, 2.05) is 79.6 Å². The van der Waals surface area contributed by atoms with Gasteiger partial charge in [-0.1, -0.05) is 36.4 Å². The van der Waals surface area contributed by atoms with Crippen molar-refractivity contribution >= 4 is 17.7 Å². The van der Waals surface area contributed by atoms with E-state index in [0.717, 1.165) is 22.8 Å². The molecule has 2 heterocycles. The van der Waals surface area contributed by atoms with Crippen LogP contribution in [0.25, 0.3) is 0 Å². The molecule has 0 saturated heterocycles. The van der Waals surface area contributed by atoms with Crippen molar-refractivity contribution in [1.82, 2.24) is 25.3 Å². The smallest absolute Gasteiger partial charge is 0.164 e. The Bertz CT molecular complexity index is 853. The molecule has 1 aromatic heterocycles. The quantitative estimate of drug-likeness (QED) is 0.754. The molecule has 0 radical (unpaired) electrons. The van der Waals surface area contributed by atoms with Crippen LogP contribution in [-0.2, 0) is 0 Å². The number of quaternary nitrogens is 1. The molecule has 0 saturated carbocycles. The molecule has 7 heteroatoms. The van der Waals surface area contributed by atoms with Gasteiger partial charge in [-0.2, -0.15) is 5.43 Å². The largest absolute Gasteiger partial charge is 0.215 e. The molecule has 4 rings (SSSR count). The molecule has 120 valence electrons. The number of aryl methyl sites for hydroxylation is 2. The van der Waals surface area contributed by atoms with E-state index in [-0.39, 0.29) is 4.81 Å². The minimum absolute atomic E-state index is 0.0134. The number of aromatic nitrogens is 3. The Hall–Kier alpha value is -3.19. The molecule has 1 N–H and O–H groups in total. The van der Waals surface area contributed by atoms with Crippen LogP contribution in [0.1, 0.15) is 11.4 Å². The second-order valence-corrected chi connectivity index (χ2v) is 5.57. The number of anilines is 1. The Morgan fingerprint density at radius 1 is 0.833 bits per heavy atom. The predicted octanol–water partition coefficient (Wildman–Crippen LogP) is 2.55. The fraction of sp³-hybridized carbons (Fsp3) is 0.118. The van der Waals surface area contributed by atoms with Gasteiger partial charge in [0, 0.05) is 17.0 Å². The van der Waals surface area contributed by atoms with Crippen LogP contribution < -0.4 is 15.4 Å². The third-order valence-electron chi connectivity index (χ3n) is 4.04. The molecule has 0 aliphatic carbocycles. The van der Waals surface area contributed by atoms with E-state index in [4.69, 9.17) is 0 Å². The number of hydrogen-bond donors (Lipinski definition) is 1. The summed E-state index contributed by atoms with van der Waals surface area (Å²) in [6.07, 6.45) is 1.66. The van der Waals surface area contributed by atoms with E-state index in [1.54, 1.807) is 11.2 Å². The summed E-state index contributed by atoms with van der Waals surface area (Å²) in [7, 11) is 0. The van der Waals surface area contributed by atoms with Crippen molar-refractivity contribution in [2.24, 2.45) is 5.10 Å². The van der Waals surface area contributed by atoms with Crippen molar-refractivity contribution in [3.63, 3.8) is 0 Å². The fourth-order valence-corrected chi connectivity index (χ4v) is 2.70. The molecule has 0 amide bonds. The minimum Gasteiger partial charge on any atom is -0.164 e. The molecule has 24 heavy (non-hydrogen) atoms. The van der Waals surface area contributed by atoms with Gasteiger partial charge in [-0.05, 0) is 31.1 Å². The lowest BCUT2D eigenvalue weighted by Gasteiger charge is -2.33. The maximum Gasteiger partial charge on any atom is 0.215 e. The molecular weight excluding hydrogens is 302 g/mol. The van der Waals surface area contributed by atoms with Crippen LogP contribution in [0.5, 0.6) is 0 Å². The van der Waals surface area contributed by atoms with Gasteiger partial charge >= 0.3 is 0 Å². The van der Waals surface area contributed by atoms with Crippen molar-refractivity contribution in [3.05, 3.63) is 72.1 Å². The van der Waals surface area contributed by atoms with Gasteiger partial charge in [0.15, 0.2) is 6.34 Å². The Labute approximate surface area is 139 Å². The topological polar surface area (TPSA) is 58.3 Å². The van der Waals surface area contributed by atoms with E-state index in [9.17, 15) is 0 Å². The number of hydrazone groups is 1. The summed E-state index contributed by atoms with van der Waals surface area (Å²) in [5, 5.41) is 15.6. The van der Waals surface area contributed by atoms with Gasteiger partial charge in [0.05, 0.1) is 16.2 Å². The molecular formula is C17H18N7+. The Kier molecular flexibility index (Phi) is 3.28. The fourth-order valence-electron chi connectivity index (χ4n) is 2.70. The van der Waals surface area contributed by atoms with Crippen molar-refractivity contribution in [1.29, 1.82) is 0 Å². The average molecular weight is 320 g/mol. The highest BCUT2D eigenvalue weighted by molar-refractivity contribution is 5.67. The standard InChI is InChI=1S/C17H18N7/c1-14-15(2)21-23(20-14)24(17-11-7-4-8-12-17)19-13-18-22(24)16-9-5-3-6-10-16/h3-13H,1-2H3,(H,18,19)/q+1. The van der Waals surface area contributed by atoms with E-state index in [2.05, 4.69) is 20.7 Å². The molecule has 1 atom stereocenters. The van der Waals surface area contributed by atoms with Crippen LogP contribution in [0.3, 0.4) is 0 Å². The van der Waals surface area contributed by atoms with E-state index < -0.39 is 0 Å². The van der Waals surface area contributed by atoms with Crippen molar-refractivity contribution < 1.29 is 0 Å². The highest BCUT2D eigenvalue weighted by Crippen LogP contribution is 2.30. The number of nitrogens with zero attached hydrogens (tertiary/aromatic N) is 6. The zero-order chi connectivity index (χ0) is 16.6. The summed E-state index contributed by atoms with van der Waals surface area (Å²) in [6, 6.07) is 19.9.